The molecule has 0 bridgehead atoms. The van der Waals surface area contributed by atoms with Gasteiger partial charge < -0.3 is 15.6 Å². The van der Waals surface area contributed by atoms with Crippen molar-refractivity contribution in [3.8, 4) is 11.5 Å². The standard InChI is InChI=1S/C20H27NO3/c1-19(2,3)12-9-15(22)17-13-8-11(18(21)23)6-7-14(13)20(4,5)24-16(17)10-12/h6,9-10,13-14,22H,7-8H2,1-5H3,(H2,21,23). The molecule has 3 N–H and O–H groups in total. The first-order chi connectivity index (χ1) is 11.0. The molecular weight excluding hydrogens is 302 g/mol. The van der Waals surface area contributed by atoms with Crippen molar-refractivity contribution in [2.45, 2.75) is 64.4 Å². The van der Waals surface area contributed by atoms with Gasteiger partial charge in [-0.3, -0.25) is 4.79 Å². The largest absolute Gasteiger partial charge is 0.508 e. The third kappa shape index (κ3) is 2.68. The fourth-order valence-electron chi connectivity index (χ4n) is 4.03. The number of fused-ring (bicyclic) bond motifs is 3. The predicted molar refractivity (Wildman–Crippen MR) is 94.3 cm³/mol. The van der Waals surface area contributed by atoms with Gasteiger partial charge in [0.15, 0.2) is 0 Å². The van der Waals surface area contributed by atoms with Gasteiger partial charge in [0.05, 0.1) is 0 Å². The summed E-state index contributed by atoms with van der Waals surface area (Å²) in [4.78, 5) is 11.6. The minimum Gasteiger partial charge on any atom is -0.508 e. The van der Waals surface area contributed by atoms with E-state index in [1.165, 1.54) is 0 Å². The van der Waals surface area contributed by atoms with Gasteiger partial charge in [-0.15, -0.1) is 0 Å². The molecule has 2 atom stereocenters. The fraction of sp³-hybridized carbons (Fsp3) is 0.550. The summed E-state index contributed by atoms with van der Waals surface area (Å²) in [5, 5.41) is 10.7. The zero-order valence-corrected chi connectivity index (χ0v) is 15.1. The van der Waals surface area contributed by atoms with Crippen molar-refractivity contribution < 1.29 is 14.6 Å². The highest BCUT2D eigenvalue weighted by atomic mass is 16.5. The molecule has 0 radical (unpaired) electrons. The Bertz CT molecular complexity index is 725. The minimum absolute atomic E-state index is 0.0465. The molecule has 1 heterocycles. The quantitative estimate of drug-likeness (QED) is 0.824. The van der Waals surface area contributed by atoms with Crippen molar-refractivity contribution in [1.82, 2.24) is 0 Å². The molecule has 1 aromatic rings. The lowest BCUT2D eigenvalue weighted by Crippen LogP contribution is -2.46. The summed E-state index contributed by atoms with van der Waals surface area (Å²) in [7, 11) is 0. The van der Waals surface area contributed by atoms with E-state index in [4.69, 9.17) is 10.5 Å². The number of phenolic OH excluding ortho intramolecular Hbond substituents is 1. The second kappa shape index (κ2) is 5.27. The minimum atomic E-state index is -0.370. The summed E-state index contributed by atoms with van der Waals surface area (Å²) in [6.45, 7) is 10.5. The molecule has 24 heavy (non-hydrogen) atoms. The van der Waals surface area contributed by atoms with E-state index in [9.17, 15) is 9.90 Å². The first kappa shape index (κ1) is 16.9. The first-order valence-corrected chi connectivity index (χ1v) is 8.56. The number of rotatable bonds is 1. The number of carbonyl (C=O) groups is 1. The summed E-state index contributed by atoms with van der Waals surface area (Å²) < 4.78 is 6.30. The van der Waals surface area contributed by atoms with Gasteiger partial charge in [-0.25, -0.2) is 0 Å². The highest BCUT2D eigenvalue weighted by Crippen LogP contribution is 2.54. The number of ether oxygens (including phenoxy) is 1. The number of amides is 1. The van der Waals surface area contributed by atoms with E-state index < -0.39 is 0 Å². The maximum atomic E-state index is 11.6. The zero-order chi connectivity index (χ0) is 17.9. The molecule has 2 aliphatic rings. The highest BCUT2D eigenvalue weighted by molar-refractivity contribution is 5.92. The lowest BCUT2D eigenvalue weighted by Gasteiger charge is -2.47. The van der Waals surface area contributed by atoms with E-state index in [1.807, 2.05) is 18.2 Å². The van der Waals surface area contributed by atoms with Gasteiger partial charge in [-0.2, -0.15) is 0 Å². The Hall–Kier alpha value is -1.97. The monoisotopic (exact) mass is 329 g/mol. The van der Waals surface area contributed by atoms with Crippen LogP contribution in [0.4, 0.5) is 0 Å². The van der Waals surface area contributed by atoms with Crippen LogP contribution in [0.15, 0.2) is 23.8 Å². The molecule has 0 aromatic heterocycles. The summed E-state index contributed by atoms with van der Waals surface area (Å²) in [6, 6.07) is 3.87. The molecule has 1 aliphatic heterocycles. The van der Waals surface area contributed by atoms with Crippen LogP contribution in [0.25, 0.3) is 0 Å². The van der Waals surface area contributed by atoms with Gasteiger partial charge >= 0.3 is 0 Å². The van der Waals surface area contributed by atoms with Gasteiger partial charge in [0, 0.05) is 23.0 Å². The van der Waals surface area contributed by atoms with Crippen molar-refractivity contribution in [3.05, 3.63) is 34.9 Å². The van der Waals surface area contributed by atoms with Gasteiger partial charge in [0.2, 0.25) is 5.91 Å². The maximum absolute atomic E-state index is 11.6. The van der Waals surface area contributed by atoms with Crippen molar-refractivity contribution >= 4 is 5.91 Å². The second-order valence-corrected chi connectivity index (χ2v) is 8.61. The average molecular weight is 329 g/mol. The molecule has 0 saturated carbocycles. The highest BCUT2D eigenvalue weighted by Gasteiger charge is 2.46. The van der Waals surface area contributed by atoms with Crippen molar-refractivity contribution in [2.24, 2.45) is 11.7 Å². The number of phenols is 1. The molecular formula is C20H27NO3. The van der Waals surface area contributed by atoms with E-state index in [0.29, 0.717) is 12.0 Å². The lowest BCUT2D eigenvalue weighted by molar-refractivity contribution is -0.115. The van der Waals surface area contributed by atoms with Crippen LogP contribution in [0.1, 0.15) is 64.5 Å². The van der Waals surface area contributed by atoms with Gasteiger partial charge in [-0.05, 0) is 49.8 Å². The SMILES string of the molecule is CC(C)(C)c1cc(O)c2c(c1)OC(C)(C)C1CC=C(C(N)=O)CC21. The average Bonchev–Trinajstić information content (AvgIpc) is 2.44. The first-order valence-electron chi connectivity index (χ1n) is 8.56. The Morgan fingerprint density at radius 2 is 2.00 bits per heavy atom. The third-order valence-electron chi connectivity index (χ3n) is 5.48. The summed E-state index contributed by atoms with van der Waals surface area (Å²) in [5.74, 6) is 0.875. The Morgan fingerprint density at radius 1 is 1.33 bits per heavy atom. The Morgan fingerprint density at radius 3 is 2.58 bits per heavy atom. The Labute approximate surface area is 143 Å². The van der Waals surface area contributed by atoms with Gasteiger partial charge in [0.1, 0.15) is 17.1 Å². The van der Waals surface area contributed by atoms with E-state index in [0.717, 1.165) is 23.3 Å². The molecule has 0 fully saturated rings. The smallest absolute Gasteiger partial charge is 0.244 e. The van der Waals surface area contributed by atoms with Crippen LogP contribution in [0.5, 0.6) is 11.5 Å². The number of hydrogen-bond acceptors (Lipinski definition) is 3. The van der Waals surface area contributed by atoms with Gasteiger partial charge in [0.25, 0.3) is 0 Å². The van der Waals surface area contributed by atoms with Crippen LogP contribution in [0.2, 0.25) is 0 Å². The molecule has 3 rings (SSSR count). The van der Waals surface area contributed by atoms with Crippen LogP contribution in [0.3, 0.4) is 0 Å². The molecule has 0 spiro atoms. The van der Waals surface area contributed by atoms with Crippen LogP contribution >= 0.6 is 0 Å². The molecule has 1 amide bonds. The number of benzene rings is 1. The molecule has 4 heteroatoms. The van der Waals surface area contributed by atoms with Crippen molar-refractivity contribution in [2.75, 3.05) is 0 Å². The van der Waals surface area contributed by atoms with E-state index in [2.05, 4.69) is 34.6 Å². The predicted octanol–water partition coefficient (Wildman–Crippen LogP) is 3.77. The topological polar surface area (TPSA) is 72.6 Å². The second-order valence-electron chi connectivity index (χ2n) is 8.61. The number of primary amides is 1. The fourth-order valence-corrected chi connectivity index (χ4v) is 4.03. The van der Waals surface area contributed by atoms with Crippen LogP contribution in [-0.2, 0) is 10.2 Å². The van der Waals surface area contributed by atoms with Gasteiger partial charge in [-0.1, -0.05) is 26.8 Å². The summed E-state index contributed by atoms with van der Waals surface area (Å²) in [6.07, 6.45) is 3.22. The number of allylic oxidation sites excluding steroid dienone is 1. The Kier molecular flexibility index (Phi) is 3.70. The molecule has 0 saturated heterocycles. The maximum Gasteiger partial charge on any atom is 0.244 e. The van der Waals surface area contributed by atoms with E-state index in [-0.39, 0.29) is 34.5 Å². The molecule has 4 nitrogen and oxygen atoms in total. The number of aromatic hydroxyl groups is 1. The van der Waals surface area contributed by atoms with E-state index >= 15 is 0 Å². The molecule has 2 unspecified atom stereocenters. The number of nitrogens with two attached hydrogens (primary N) is 1. The lowest BCUT2D eigenvalue weighted by atomic mass is 9.66. The number of carbonyl (C=O) groups excluding carboxylic acids is 1. The zero-order valence-electron chi connectivity index (χ0n) is 15.1. The van der Waals surface area contributed by atoms with Crippen molar-refractivity contribution in [1.29, 1.82) is 0 Å². The molecule has 1 aromatic carbocycles. The van der Waals surface area contributed by atoms with Crippen LogP contribution in [0, 0.1) is 5.92 Å². The number of hydrogen-bond donors (Lipinski definition) is 2. The van der Waals surface area contributed by atoms with Crippen LogP contribution in [-0.4, -0.2) is 16.6 Å². The van der Waals surface area contributed by atoms with E-state index in [1.54, 1.807) is 0 Å². The summed E-state index contributed by atoms with van der Waals surface area (Å²) >= 11 is 0. The van der Waals surface area contributed by atoms with Crippen molar-refractivity contribution in [3.63, 3.8) is 0 Å². The Balaban J connectivity index is 2.14. The summed E-state index contributed by atoms with van der Waals surface area (Å²) in [5.41, 5.74) is 7.56. The van der Waals surface area contributed by atoms with Crippen LogP contribution < -0.4 is 10.5 Å². The third-order valence-corrected chi connectivity index (χ3v) is 5.48. The molecule has 1 aliphatic carbocycles. The normalized spacial score (nSPS) is 25.1. The molecule has 130 valence electrons.